The van der Waals surface area contributed by atoms with Crippen molar-refractivity contribution in [3.05, 3.63) is 96.5 Å². The van der Waals surface area contributed by atoms with Gasteiger partial charge in [-0.2, -0.15) is 0 Å². The van der Waals surface area contributed by atoms with Crippen molar-refractivity contribution < 1.29 is 18.1 Å². The third-order valence-corrected chi connectivity index (χ3v) is 6.89. The summed E-state index contributed by atoms with van der Waals surface area (Å²) >= 11 is 0. The molecule has 9 heteroatoms. The van der Waals surface area contributed by atoms with Gasteiger partial charge in [0, 0.05) is 46.5 Å². The zero-order valence-corrected chi connectivity index (χ0v) is 22.7. The van der Waals surface area contributed by atoms with Crippen molar-refractivity contribution in [3.8, 4) is 22.8 Å². The largest absolute Gasteiger partial charge is 0.496 e. The summed E-state index contributed by atoms with van der Waals surface area (Å²) in [7, 11) is 0.801. The molecule has 2 N–H and O–H groups in total. The molecule has 200 valence electrons. The van der Waals surface area contributed by atoms with Crippen LogP contribution in [0.2, 0.25) is 0 Å². The monoisotopic (exact) mass is 542 g/mol. The molecule has 0 fully saturated rings. The van der Waals surface area contributed by atoms with E-state index in [1.807, 2.05) is 78.9 Å². The first-order valence-corrected chi connectivity index (χ1v) is 14.3. The fraction of sp³-hybridized carbons (Fsp3) is 0.200. The summed E-state index contributed by atoms with van der Waals surface area (Å²) in [5.74, 6) is 4.18. The number of furan rings is 1. The van der Waals surface area contributed by atoms with Crippen molar-refractivity contribution in [2.45, 2.75) is 13.2 Å². The Morgan fingerprint density at radius 3 is 2.56 bits per heavy atom. The number of aromatic nitrogens is 2. The molecule has 5 aromatic rings. The molecule has 8 nitrogen and oxygen atoms in total. The van der Waals surface area contributed by atoms with Gasteiger partial charge in [-0.25, -0.2) is 9.97 Å². The number of nitrogens with one attached hydrogen (secondary N) is 2. The van der Waals surface area contributed by atoms with Gasteiger partial charge in [0.2, 0.25) is 0 Å². The van der Waals surface area contributed by atoms with Crippen LogP contribution in [0, 0.1) is 0 Å². The maximum Gasteiger partial charge on any atom is 0.141 e. The highest BCUT2D eigenvalue weighted by atomic mass is 32.2. The van der Waals surface area contributed by atoms with E-state index in [-0.39, 0.29) is 0 Å². The number of hydrogen-bond donors (Lipinski definition) is 2. The van der Waals surface area contributed by atoms with Crippen LogP contribution in [0.4, 0.5) is 11.5 Å². The molecular weight excluding hydrogens is 512 g/mol. The third-order valence-electron chi connectivity index (χ3n) is 6.11. The van der Waals surface area contributed by atoms with Gasteiger partial charge in [-0.15, -0.1) is 0 Å². The Bertz CT molecular complexity index is 1560. The average Bonchev–Trinajstić information content (AvgIpc) is 3.44. The van der Waals surface area contributed by atoms with Crippen LogP contribution in [-0.4, -0.2) is 39.8 Å². The summed E-state index contributed by atoms with van der Waals surface area (Å²) < 4.78 is 28.9. The Balaban J connectivity index is 1.33. The van der Waals surface area contributed by atoms with Crippen molar-refractivity contribution >= 4 is 33.2 Å². The molecule has 0 saturated carbocycles. The zero-order chi connectivity index (χ0) is 27.0. The molecule has 0 spiro atoms. The fourth-order valence-electron chi connectivity index (χ4n) is 4.10. The van der Waals surface area contributed by atoms with Gasteiger partial charge in [0.05, 0.1) is 24.7 Å². The fourth-order valence-corrected chi connectivity index (χ4v) is 4.53. The Morgan fingerprint density at radius 2 is 1.79 bits per heavy atom. The van der Waals surface area contributed by atoms with Crippen molar-refractivity contribution in [1.29, 1.82) is 0 Å². The van der Waals surface area contributed by atoms with Gasteiger partial charge >= 0.3 is 0 Å². The molecule has 1 atom stereocenters. The summed E-state index contributed by atoms with van der Waals surface area (Å²) in [5.41, 5.74) is 3.54. The van der Waals surface area contributed by atoms with E-state index in [2.05, 4.69) is 20.6 Å². The molecule has 39 heavy (non-hydrogen) atoms. The van der Waals surface area contributed by atoms with Gasteiger partial charge in [-0.3, -0.25) is 4.21 Å². The Kier molecular flexibility index (Phi) is 8.50. The van der Waals surface area contributed by atoms with Crippen LogP contribution >= 0.6 is 0 Å². The molecule has 0 amide bonds. The quantitative estimate of drug-likeness (QED) is 0.194. The normalized spacial score (nSPS) is 11.8. The molecule has 0 radical (unpaired) electrons. The number of benzene rings is 3. The van der Waals surface area contributed by atoms with Crippen molar-refractivity contribution in [2.75, 3.05) is 31.0 Å². The van der Waals surface area contributed by atoms with E-state index >= 15 is 0 Å². The topological polar surface area (TPSA) is 98.5 Å². The van der Waals surface area contributed by atoms with Crippen molar-refractivity contribution in [3.63, 3.8) is 0 Å². The maximum absolute atomic E-state index is 11.3. The molecule has 0 aliphatic heterocycles. The third kappa shape index (κ3) is 6.81. The van der Waals surface area contributed by atoms with E-state index in [1.165, 1.54) is 6.33 Å². The molecule has 2 aromatic heterocycles. The van der Waals surface area contributed by atoms with E-state index < -0.39 is 10.8 Å². The summed E-state index contributed by atoms with van der Waals surface area (Å²) in [4.78, 5) is 8.95. The van der Waals surface area contributed by atoms with Gasteiger partial charge in [-0.1, -0.05) is 30.3 Å². The van der Waals surface area contributed by atoms with Crippen LogP contribution in [-0.2, 0) is 24.0 Å². The summed E-state index contributed by atoms with van der Waals surface area (Å²) in [6, 6.07) is 25.6. The van der Waals surface area contributed by atoms with Crippen LogP contribution < -0.4 is 20.1 Å². The number of ether oxygens (including phenoxy) is 2. The van der Waals surface area contributed by atoms with E-state index in [0.29, 0.717) is 42.8 Å². The second kappa shape index (κ2) is 12.6. The minimum Gasteiger partial charge on any atom is -0.496 e. The average molecular weight is 543 g/mol. The highest BCUT2D eigenvalue weighted by Crippen LogP contribution is 2.37. The number of anilines is 2. The highest BCUT2D eigenvalue weighted by molar-refractivity contribution is 7.84. The second-order valence-electron chi connectivity index (χ2n) is 8.94. The first-order chi connectivity index (χ1) is 19.1. The second-order valence-corrected chi connectivity index (χ2v) is 10.5. The predicted molar refractivity (Wildman–Crippen MR) is 155 cm³/mol. The van der Waals surface area contributed by atoms with Crippen LogP contribution in [0.3, 0.4) is 0 Å². The van der Waals surface area contributed by atoms with Crippen LogP contribution in [0.15, 0.2) is 89.6 Å². The lowest BCUT2D eigenvalue weighted by Crippen LogP contribution is -2.19. The number of fused-ring (bicyclic) bond motifs is 1. The minimum absolute atomic E-state index is 0.513. The Hall–Kier alpha value is -4.21. The first-order valence-electron chi connectivity index (χ1n) is 12.6. The maximum atomic E-state index is 11.3. The molecule has 0 bridgehead atoms. The molecular formula is C30H30N4O4S. The predicted octanol–water partition coefficient (Wildman–Crippen LogP) is 5.69. The summed E-state index contributed by atoms with van der Waals surface area (Å²) in [6.45, 7) is 1.72. The summed E-state index contributed by atoms with van der Waals surface area (Å²) in [6.07, 6.45) is 3.23. The minimum atomic E-state index is -0.826. The summed E-state index contributed by atoms with van der Waals surface area (Å²) in [5, 5.41) is 7.49. The lowest BCUT2D eigenvalue weighted by Gasteiger charge is -2.13. The van der Waals surface area contributed by atoms with Gasteiger partial charge in [0.25, 0.3) is 0 Å². The smallest absolute Gasteiger partial charge is 0.141 e. The first kappa shape index (κ1) is 26.4. The molecule has 2 heterocycles. The van der Waals surface area contributed by atoms with Gasteiger partial charge in [0.15, 0.2) is 0 Å². The number of methoxy groups -OCH3 is 1. The van der Waals surface area contributed by atoms with Crippen LogP contribution in [0.5, 0.6) is 11.5 Å². The van der Waals surface area contributed by atoms with Gasteiger partial charge < -0.3 is 24.5 Å². The number of nitrogens with zero attached hydrogens (tertiary/aromatic N) is 2. The number of hydrogen-bond acceptors (Lipinski definition) is 8. The lowest BCUT2D eigenvalue weighted by molar-refractivity contribution is 0.306. The Morgan fingerprint density at radius 1 is 0.974 bits per heavy atom. The van der Waals surface area contributed by atoms with Crippen LogP contribution in [0.25, 0.3) is 22.2 Å². The molecule has 0 aliphatic rings. The van der Waals surface area contributed by atoms with E-state index in [4.69, 9.17) is 13.9 Å². The highest BCUT2D eigenvalue weighted by Gasteiger charge is 2.15. The van der Waals surface area contributed by atoms with Crippen LogP contribution in [0.1, 0.15) is 11.3 Å². The van der Waals surface area contributed by atoms with E-state index in [9.17, 15) is 4.21 Å². The standard InChI is InChI=1S/C30H30N4O4S/c1-36-29-17-27-25(16-26(29)28-13-12-24(38-28)18-31-14-15-39(2)35)30(33-20-32-27)34-22-8-10-23(11-9-22)37-19-21-6-4-3-5-7-21/h3-13,16-17,20,31H,14-15,18-19H2,1-2H3,(H,32,33,34). The van der Waals surface area contributed by atoms with Gasteiger partial charge in [-0.05, 0) is 48.0 Å². The zero-order valence-electron chi connectivity index (χ0n) is 21.8. The number of rotatable bonds is 12. The van der Waals surface area contributed by atoms with Crippen molar-refractivity contribution in [1.82, 2.24) is 15.3 Å². The SMILES string of the molecule is COc1cc2ncnc(Nc3ccc(OCc4ccccc4)cc3)c2cc1-c1ccc(CNCCS(C)=O)o1. The lowest BCUT2D eigenvalue weighted by atomic mass is 10.1. The van der Waals surface area contributed by atoms with Crippen molar-refractivity contribution in [2.24, 2.45) is 0 Å². The molecule has 0 aliphatic carbocycles. The Labute approximate surface area is 229 Å². The van der Waals surface area contributed by atoms with Gasteiger partial charge in [0.1, 0.15) is 41.8 Å². The molecule has 0 saturated heterocycles. The molecule has 3 aromatic carbocycles. The van der Waals surface area contributed by atoms with E-state index in [1.54, 1.807) is 13.4 Å². The molecule has 1 unspecified atom stereocenters. The van der Waals surface area contributed by atoms with E-state index in [0.717, 1.165) is 39.2 Å². The molecule has 5 rings (SSSR count).